The first-order chi connectivity index (χ1) is 6.84. The maximum absolute atomic E-state index is 5.74. The number of anilines is 1. The predicted molar refractivity (Wildman–Crippen MR) is 53.1 cm³/mol. The minimum Gasteiger partial charge on any atom is -0.472 e. The summed E-state index contributed by atoms with van der Waals surface area (Å²) >= 11 is 5.74. The van der Waals surface area contributed by atoms with Gasteiger partial charge in [-0.15, -0.1) is 5.10 Å². The summed E-state index contributed by atoms with van der Waals surface area (Å²) in [5.74, 6) is 0.652. The first-order valence-corrected chi connectivity index (χ1v) is 4.45. The van der Waals surface area contributed by atoms with Gasteiger partial charge in [-0.1, -0.05) is 11.6 Å². The Morgan fingerprint density at radius 1 is 1.50 bits per heavy atom. The van der Waals surface area contributed by atoms with Crippen LogP contribution in [0.15, 0.2) is 35.3 Å². The van der Waals surface area contributed by atoms with Crippen molar-refractivity contribution in [1.82, 2.24) is 10.2 Å². The van der Waals surface area contributed by atoms with Crippen molar-refractivity contribution in [1.29, 1.82) is 0 Å². The second-order valence-electron chi connectivity index (χ2n) is 2.74. The van der Waals surface area contributed by atoms with E-state index in [2.05, 4.69) is 15.5 Å². The summed E-state index contributed by atoms with van der Waals surface area (Å²) in [4.78, 5) is 0. The average molecular weight is 210 g/mol. The molecule has 14 heavy (non-hydrogen) atoms. The number of nitrogens with one attached hydrogen (secondary N) is 1. The maximum Gasteiger partial charge on any atom is 0.150 e. The fourth-order valence-corrected chi connectivity index (χ4v) is 1.16. The fraction of sp³-hybridized carbons (Fsp3) is 0.111. The smallest absolute Gasteiger partial charge is 0.150 e. The van der Waals surface area contributed by atoms with Crippen LogP contribution in [0.1, 0.15) is 5.56 Å². The Morgan fingerprint density at radius 2 is 2.43 bits per heavy atom. The molecule has 2 rings (SSSR count). The zero-order valence-electron chi connectivity index (χ0n) is 7.27. The third-order valence-corrected chi connectivity index (χ3v) is 1.88. The maximum atomic E-state index is 5.74. The molecule has 0 bridgehead atoms. The highest BCUT2D eigenvalue weighted by Gasteiger charge is 1.97. The Bertz CT molecular complexity index is 402. The highest BCUT2D eigenvalue weighted by Crippen LogP contribution is 2.11. The van der Waals surface area contributed by atoms with Crippen molar-refractivity contribution in [2.45, 2.75) is 6.54 Å². The van der Waals surface area contributed by atoms with Crippen LogP contribution in [0.2, 0.25) is 5.02 Å². The lowest BCUT2D eigenvalue weighted by molar-refractivity contribution is 0.564. The number of furan rings is 1. The predicted octanol–water partition coefficient (Wildman–Crippen LogP) is 2.34. The van der Waals surface area contributed by atoms with Gasteiger partial charge >= 0.3 is 0 Å². The third-order valence-electron chi connectivity index (χ3n) is 1.67. The molecule has 0 atom stereocenters. The van der Waals surface area contributed by atoms with E-state index in [0.717, 1.165) is 5.56 Å². The Labute approximate surface area is 85.9 Å². The van der Waals surface area contributed by atoms with Gasteiger partial charge in [0.25, 0.3) is 0 Å². The van der Waals surface area contributed by atoms with Crippen molar-refractivity contribution in [3.8, 4) is 0 Å². The SMILES string of the molecule is Clc1cnnc(NCc2ccoc2)c1. The van der Waals surface area contributed by atoms with Gasteiger partial charge in [0.05, 0.1) is 23.7 Å². The number of aromatic nitrogens is 2. The van der Waals surface area contributed by atoms with Gasteiger partial charge < -0.3 is 9.73 Å². The molecule has 1 N–H and O–H groups in total. The minimum absolute atomic E-state index is 0.565. The van der Waals surface area contributed by atoms with Crippen molar-refractivity contribution < 1.29 is 4.42 Å². The Kier molecular flexibility index (Phi) is 2.65. The van der Waals surface area contributed by atoms with Crippen molar-refractivity contribution in [2.75, 3.05) is 5.32 Å². The molecule has 0 fully saturated rings. The van der Waals surface area contributed by atoms with Crippen LogP contribution in [0.3, 0.4) is 0 Å². The molecule has 72 valence electrons. The highest BCUT2D eigenvalue weighted by molar-refractivity contribution is 6.30. The van der Waals surface area contributed by atoms with Crippen LogP contribution < -0.4 is 5.32 Å². The van der Waals surface area contributed by atoms with Crippen molar-refractivity contribution in [2.24, 2.45) is 0 Å². The fourth-order valence-electron chi connectivity index (χ4n) is 1.02. The number of rotatable bonds is 3. The van der Waals surface area contributed by atoms with Gasteiger partial charge in [0.1, 0.15) is 5.82 Å². The molecule has 0 saturated carbocycles. The minimum atomic E-state index is 0.565. The van der Waals surface area contributed by atoms with Gasteiger partial charge in [-0.3, -0.25) is 0 Å². The van der Waals surface area contributed by atoms with Crippen LogP contribution >= 0.6 is 11.6 Å². The lowest BCUT2D eigenvalue weighted by Gasteiger charge is -2.01. The van der Waals surface area contributed by atoms with Crippen molar-refractivity contribution in [3.05, 3.63) is 41.4 Å². The van der Waals surface area contributed by atoms with E-state index in [1.807, 2.05) is 6.07 Å². The summed E-state index contributed by atoms with van der Waals surface area (Å²) in [5.41, 5.74) is 1.05. The summed E-state index contributed by atoms with van der Waals surface area (Å²) in [7, 11) is 0. The molecule has 0 amide bonds. The largest absolute Gasteiger partial charge is 0.472 e. The van der Waals surface area contributed by atoms with Crippen LogP contribution in [-0.4, -0.2) is 10.2 Å². The van der Waals surface area contributed by atoms with Crippen molar-refractivity contribution >= 4 is 17.4 Å². The van der Waals surface area contributed by atoms with E-state index >= 15 is 0 Å². The van der Waals surface area contributed by atoms with Gasteiger partial charge in [0, 0.05) is 18.2 Å². The molecule has 0 aromatic carbocycles. The van der Waals surface area contributed by atoms with Crippen LogP contribution in [-0.2, 0) is 6.54 Å². The molecule has 4 nitrogen and oxygen atoms in total. The van der Waals surface area contributed by atoms with E-state index in [1.165, 1.54) is 6.20 Å². The summed E-state index contributed by atoms with van der Waals surface area (Å²) in [5, 5.41) is 11.2. The van der Waals surface area contributed by atoms with Crippen LogP contribution in [0.25, 0.3) is 0 Å². The van der Waals surface area contributed by atoms with Gasteiger partial charge in [0.15, 0.2) is 0 Å². The van der Waals surface area contributed by atoms with E-state index in [-0.39, 0.29) is 0 Å². The standard InChI is InChI=1S/C9H8ClN3O/c10-8-3-9(13-12-5-8)11-4-7-1-2-14-6-7/h1-3,5-6H,4H2,(H,11,13). The van der Waals surface area contributed by atoms with E-state index in [4.69, 9.17) is 16.0 Å². The number of hydrogen-bond acceptors (Lipinski definition) is 4. The molecule has 0 aliphatic carbocycles. The van der Waals surface area contributed by atoms with E-state index in [1.54, 1.807) is 18.6 Å². The molecule has 0 aliphatic rings. The molecule has 2 aromatic rings. The van der Waals surface area contributed by atoms with Gasteiger partial charge in [-0.25, -0.2) is 0 Å². The molecule has 0 saturated heterocycles. The van der Waals surface area contributed by atoms with Crippen LogP contribution in [0.5, 0.6) is 0 Å². The number of hydrogen-bond donors (Lipinski definition) is 1. The van der Waals surface area contributed by atoms with Gasteiger partial charge in [-0.2, -0.15) is 5.10 Å². The molecular formula is C9H8ClN3O. The average Bonchev–Trinajstić information content (AvgIpc) is 2.67. The van der Waals surface area contributed by atoms with Crippen molar-refractivity contribution in [3.63, 3.8) is 0 Å². The lowest BCUT2D eigenvalue weighted by Crippen LogP contribution is -2.00. The topological polar surface area (TPSA) is 51.0 Å². The normalized spacial score (nSPS) is 10.1. The molecule has 2 heterocycles. The quantitative estimate of drug-likeness (QED) is 0.843. The van der Waals surface area contributed by atoms with Crippen LogP contribution in [0, 0.1) is 0 Å². The Hall–Kier alpha value is -1.55. The van der Waals surface area contributed by atoms with Crippen LogP contribution in [0.4, 0.5) is 5.82 Å². The summed E-state index contributed by atoms with van der Waals surface area (Å²) in [6.45, 7) is 0.644. The van der Waals surface area contributed by atoms with E-state index in [0.29, 0.717) is 17.4 Å². The van der Waals surface area contributed by atoms with Gasteiger partial charge in [0.2, 0.25) is 0 Å². The zero-order valence-corrected chi connectivity index (χ0v) is 8.03. The monoisotopic (exact) mass is 209 g/mol. The highest BCUT2D eigenvalue weighted by atomic mass is 35.5. The molecule has 5 heteroatoms. The number of halogens is 1. The molecule has 0 radical (unpaired) electrons. The summed E-state index contributed by atoms with van der Waals surface area (Å²) in [6.07, 6.45) is 4.79. The lowest BCUT2D eigenvalue weighted by atomic mass is 10.3. The Balaban J connectivity index is 1.98. The summed E-state index contributed by atoms with van der Waals surface area (Å²) in [6, 6.07) is 3.60. The summed E-state index contributed by atoms with van der Waals surface area (Å²) < 4.78 is 4.92. The molecule has 0 aliphatic heterocycles. The van der Waals surface area contributed by atoms with E-state index < -0.39 is 0 Å². The Morgan fingerprint density at radius 3 is 3.14 bits per heavy atom. The molecule has 0 unspecified atom stereocenters. The molecular weight excluding hydrogens is 202 g/mol. The second-order valence-corrected chi connectivity index (χ2v) is 3.18. The second kappa shape index (κ2) is 4.11. The zero-order chi connectivity index (χ0) is 9.80. The molecule has 0 spiro atoms. The third kappa shape index (κ3) is 2.23. The first kappa shape index (κ1) is 9.02. The molecule has 2 aromatic heterocycles. The number of nitrogens with zero attached hydrogens (tertiary/aromatic N) is 2. The van der Waals surface area contributed by atoms with Gasteiger partial charge in [-0.05, 0) is 6.07 Å². The van der Waals surface area contributed by atoms with E-state index in [9.17, 15) is 0 Å². The first-order valence-electron chi connectivity index (χ1n) is 4.08.